The number of phenols is 1. The number of phenolic OH excluding ortho intramolecular Hbond substituents is 1. The van der Waals surface area contributed by atoms with Crippen molar-refractivity contribution < 1.29 is 9.90 Å². The summed E-state index contributed by atoms with van der Waals surface area (Å²) in [6.07, 6.45) is 4.92. The Balaban J connectivity index is 1.93. The van der Waals surface area contributed by atoms with Gasteiger partial charge in [-0.25, -0.2) is 0 Å². The van der Waals surface area contributed by atoms with Gasteiger partial charge in [0.25, 0.3) is 0 Å². The number of aromatic amines is 1. The van der Waals surface area contributed by atoms with Gasteiger partial charge in [-0.15, -0.1) is 5.10 Å². The minimum atomic E-state index is -0.174. The summed E-state index contributed by atoms with van der Waals surface area (Å²) in [5, 5.41) is 21.3. The molecule has 0 saturated heterocycles. The van der Waals surface area contributed by atoms with Gasteiger partial charge in [-0.3, -0.25) is 9.78 Å². The molecule has 0 aliphatic heterocycles. The van der Waals surface area contributed by atoms with Crippen LogP contribution in [0.15, 0.2) is 55.0 Å². The van der Waals surface area contributed by atoms with Crippen molar-refractivity contribution in [2.24, 2.45) is 0 Å². The third-order valence-electron chi connectivity index (χ3n) is 4.18. The lowest BCUT2D eigenvalue weighted by molar-refractivity contribution is 0.104. The summed E-state index contributed by atoms with van der Waals surface area (Å²) in [4.78, 5) is 20.4. The number of pyridine rings is 1. The fourth-order valence-electron chi connectivity index (χ4n) is 2.92. The van der Waals surface area contributed by atoms with Crippen molar-refractivity contribution >= 4 is 22.5 Å². The molecule has 3 aromatic heterocycles. The first-order valence-electron chi connectivity index (χ1n) is 7.98. The number of rotatable bonds is 4. The molecule has 7 nitrogen and oxygen atoms in total. The Morgan fingerprint density at radius 3 is 2.77 bits per heavy atom. The number of aromatic hydroxyl groups is 1. The van der Waals surface area contributed by atoms with Crippen molar-refractivity contribution in [1.82, 2.24) is 20.2 Å². The molecule has 0 unspecified atom stereocenters. The molecule has 0 aliphatic rings. The number of aromatic nitrogens is 4. The summed E-state index contributed by atoms with van der Waals surface area (Å²) in [6, 6.07) is 9.89. The predicted molar refractivity (Wildman–Crippen MR) is 98.2 cm³/mol. The molecule has 0 spiro atoms. The number of hydrogen-bond acceptors (Lipinski definition) is 6. The minimum Gasteiger partial charge on any atom is -0.508 e. The molecule has 0 atom stereocenters. The number of carbonyl (C=O) groups is 1. The molecule has 3 N–H and O–H groups in total. The van der Waals surface area contributed by atoms with Crippen LogP contribution in [0.5, 0.6) is 5.75 Å². The van der Waals surface area contributed by atoms with E-state index in [1.807, 2.05) is 19.2 Å². The van der Waals surface area contributed by atoms with E-state index in [2.05, 4.69) is 25.5 Å². The van der Waals surface area contributed by atoms with E-state index in [0.29, 0.717) is 33.4 Å². The zero-order chi connectivity index (χ0) is 18.1. The Morgan fingerprint density at radius 2 is 2.00 bits per heavy atom. The predicted octanol–water partition coefficient (Wildman–Crippen LogP) is 3.00. The largest absolute Gasteiger partial charge is 0.508 e. The number of fused-ring (bicyclic) bond motifs is 1. The number of carbonyl (C=O) groups excluding carboxylic acids is 1. The molecular weight excluding hydrogens is 330 g/mol. The van der Waals surface area contributed by atoms with Crippen molar-refractivity contribution in [3.8, 4) is 17.0 Å². The van der Waals surface area contributed by atoms with E-state index in [9.17, 15) is 9.90 Å². The average Bonchev–Trinajstić information content (AvgIpc) is 3.12. The molecule has 1 aromatic carbocycles. The Morgan fingerprint density at radius 1 is 1.19 bits per heavy atom. The number of H-pyrrole nitrogens is 1. The van der Waals surface area contributed by atoms with Crippen LogP contribution < -0.4 is 5.32 Å². The second-order valence-electron chi connectivity index (χ2n) is 5.71. The van der Waals surface area contributed by atoms with Crippen LogP contribution >= 0.6 is 0 Å². The number of nitrogens with zero attached hydrogens (tertiary/aromatic N) is 3. The summed E-state index contributed by atoms with van der Waals surface area (Å²) >= 11 is 0. The summed E-state index contributed by atoms with van der Waals surface area (Å²) in [5.74, 6) is -0.0633. The van der Waals surface area contributed by atoms with Gasteiger partial charge in [-0.05, 0) is 36.4 Å². The van der Waals surface area contributed by atoms with E-state index >= 15 is 0 Å². The third kappa shape index (κ3) is 2.55. The summed E-state index contributed by atoms with van der Waals surface area (Å²) in [5.41, 5.74) is 3.69. The smallest absolute Gasteiger partial charge is 0.195 e. The van der Waals surface area contributed by atoms with Crippen LogP contribution in [0, 0.1) is 0 Å². The first kappa shape index (κ1) is 15.8. The second-order valence-corrected chi connectivity index (χ2v) is 5.71. The Kier molecular flexibility index (Phi) is 3.81. The molecule has 4 aromatic rings. The number of ketones is 1. The molecule has 4 rings (SSSR count). The van der Waals surface area contributed by atoms with E-state index in [1.165, 1.54) is 12.1 Å². The lowest BCUT2D eigenvalue weighted by Gasteiger charge is -2.09. The van der Waals surface area contributed by atoms with E-state index in [0.717, 1.165) is 5.69 Å². The monoisotopic (exact) mass is 345 g/mol. The first-order chi connectivity index (χ1) is 12.7. The van der Waals surface area contributed by atoms with Gasteiger partial charge in [0, 0.05) is 36.0 Å². The fraction of sp³-hybridized carbons (Fsp3) is 0.0526. The van der Waals surface area contributed by atoms with Crippen molar-refractivity contribution in [2.45, 2.75) is 0 Å². The zero-order valence-electron chi connectivity index (χ0n) is 13.9. The lowest BCUT2D eigenvalue weighted by atomic mass is 9.99. The molecule has 7 heteroatoms. The molecule has 0 aliphatic carbocycles. The van der Waals surface area contributed by atoms with Gasteiger partial charge in [0.05, 0.1) is 23.1 Å². The highest BCUT2D eigenvalue weighted by molar-refractivity contribution is 6.18. The van der Waals surface area contributed by atoms with E-state index in [1.54, 1.807) is 30.7 Å². The molecule has 26 heavy (non-hydrogen) atoms. The van der Waals surface area contributed by atoms with Gasteiger partial charge < -0.3 is 15.4 Å². The molecular formula is C19H15N5O2. The average molecular weight is 345 g/mol. The zero-order valence-corrected chi connectivity index (χ0v) is 13.9. The quantitative estimate of drug-likeness (QED) is 0.491. The molecule has 0 saturated carbocycles. The van der Waals surface area contributed by atoms with E-state index in [4.69, 9.17) is 0 Å². The van der Waals surface area contributed by atoms with Gasteiger partial charge in [0.1, 0.15) is 5.75 Å². The van der Waals surface area contributed by atoms with Gasteiger partial charge >= 0.3 is 0 Å². The Hall–Kier alpha value is -3.74. The van der Waals surface area contributed by atoms with Crippen LogP contribution in [-0.4, -0.2) is 38.1 Å². The van der Waals surface area contributed by atoms with Crippen LogP contribution in [0.4, 0.5) is 5.69 Å². The van der Waals surface area contributed by atoms with E-state index < -0.39 is 0 Å². The van der Waals surface area contributed by atoms with Gasteiger partial charge in [0.2, 0.25) is 0 Å². The summed E-state index contributed by atoms with van der Waals surface area (Å²) in [6.45, 7) is 0. The minimum absolute atomic E-state index is 0.110. The topological polar surface area (TPSA) is 104 Å². The van der Waals surface area contributed by atoms with Gasteiger partial charge in [0.15, 0.2) is 11.4 Å². The number of nitrogens with one attached hydrogen (secondary N) is 2. The number of hydrogen-bond donors (Lipinski definition) is 3. The van der Waals surface area contributed by atoms with Crippen LogP contribution in [0.1, 0.15) is 15.9 Å². The van der Waals surface area contributed by atoms with Crippen LogP contribution in [0.2, 0.25) is 0 Å². The highest BCUT2D eigenvalue weighted by Gasteiger charge is 2.20. The number of anilines is 1. The highest BCUT2D eigenvalue weighted by atomic mass is 16.3. The fourth-order valence-corrected chi connectivity index (χ4v) is 2.92. The Bertz CT molecular complexity index is 1100. The summed E-state index contributed by atoms with van der Waals surface area (Å²) < 4.78 is 0. The third-order valence-corrected chi connectivity index (χ3v) is 4.18. The molecule has 0 radical (unpaired) electrons. The summed E-state index contributed by atoms with van der Waals surface area (Å²) in [7, 11) is 1.81. The second kappa shape index (κ2) is 6.29. The van der Waals surface area contributed by atoms with Crippen molar-refractivity contribution in [3.63, 3.8) is 0 Å². The molecule has 0 bridgehead atoms. The Labute approximate surface area is 148 Å². The van der Waals surface area contributed by atoms with Crippen LogP contribution in [0.3, 0.4) is 0 Å². The maximum Gasteiger partial charge on any atom is 0.195 e. The normalized spacial score (nSPS) is 10.8. The molecule has 3 heterocycles. The standard InChI is InChI=1S/C19H15N5O2/c1-20-15-3-2-8-21-17(15)13-10-23-24-19-16(13)14(9-22-19)18(26)11-4-6-12(25)7-5-11/h2-10,20,25H,1H3,(H,22,24). The molecule has 128 valence electrons. The SMILES string of the molecule is CNc1cccnc1-c1cnnc2[nH]cc(C(=O)c3ccc(O)cc3)c12. The van der Waals surface area contributed by atoms with E-state index in [-0.39, 0.29) is 11.5 Å². The number of benzene rings is 1. The maximum atomic E-state index is 13.0. The van der Waals surface area contributed by atoms with Crippen molar-refractivity contribution in [3.05, 3.63) is 66.1 Å². The molecule has 0 amide bonds. The van der Waals surface area contributed by atoms with Crippen molar-refractivity contribution in [1.29, 1.82) is 0 Å². The highest BCUT2D eigenvalue weighted by Crippen LogP contribution is 2.33. The van der Waals surface area contributed by atoms with Gasteiger partial charge in [-0.1, -0.05) is 0 Å². The van der Waals surface area contributed by atoms with Crippen LogP contribution in [-0.2, 0) is 0 Å². The first-order valence-corrected chi connectivity index (χ1v) is 7.98. The lowest BCUT2D eigenvalue weighted by Crippen LogP contribution is -2.02. The molecule has 0 fully saturated rings. The van der Waals surface area contributed by atoms with Crippen molar-refractivity contribution in [2.75, 3.05) is 12.4 Å². The van der Waals surface area contributed by atoms with Gasteiger partial charge in [-0.2, -0.15) is 5.10 Å². The maximum absolute atomic E-state index is 13.0. The van der Waals surface area contributed by atoms with Crippen LogP contribution in [0.25, 0.3) is 22.3 Å².